The highest BCUT2D eigenvalue weighted by molar-refractivity contribution is 7.81. The van der Waals surface area contributed by atoms with Crippen molar-refractivity contribution in [3.8, 4) is 0 Å². The van der Waals surface area contributed by atoms with Crippen LogP contribution in [-0.4, -0.2) is 24.6 Å². The van der Waals surface area contributed by atoms with Crippen LogP contribution < -0.4 is 5.32 Å². The SMILES string of the molecule is SC1C=C(C2=CNCC=C2)C=NC1. The minimum absolute atomic E-state index is 0.260. The number of aliphatic imine (C=N–C) groups is 1. The summed E-state index contributed by atoms with van der Waals surface area (Å²) in [6.07, 6.45) is 10.3. The predicted octanol–water partition coefficient (Wildman–Crippen LogP) is 1.34. The molecule has 0 amide bonds. The number of rotatable bonds is 1. The van der Waals surface area contributed by atoms with Gasteiger partial charge in [-0.3, -0.25) is 4.99 Å². The van der Waals surface area contributed by atoms with Gasteiger partial charge in [-0.1, -0.05) is 18.2 Å². The van der Waals surface area contributed by atoms with Gasteiger partial charge in [-0.15, -0.1) is 0 Å². The van der Waals surface area contributed by atoms with E-state index < -0.39 is 0 Å². The van der Waals surface area contributed by atoms with Crippen LogP contribution in [0.3, 0.4) is 0 Å². The highest BCUT2D eigenvalue weighted by Gasteiger charge is 2.08. The fourth-order valence-electron chi connectivity index (χ4n) is 1.38. The average Bonchev–Trinajstić information content (AvgIpc) is 2.19. The Morgan fingerprint density at radius 2 is 2.38 bits per heavy atom. The van der Waals surface area contributed by atoms with Crippen molar-refractivity contribution in [1.29, 1.82) is 0 Å². The van der Waals surface area contributed by atoms with Gasteiger partial charge >= 0.3 is 0 Å². The maximum absolute atomic E-state index is 4.38. The molecular weight excluding hydrogens is 180 g/mol. The van der Waals surface area contributed by atoms with Crippen molar-refractivity contribution >= 4 is 18.8 Å². The number of hydrogen-bond donors (Lipinski definition) is 2. The summed E-state index contributed by atoms with van der Waals surface area (Å²) < 4.78 is 0. The minimum atomic E-state index is 0.260. The van der Waals surface area contributed by atoms with Gasteiger partial charge in [0, 0.05) is 24.2 Å². The van der Waals surface area contributed by atoms with Gasteiger partial charge in [0.05, 0.1) is 6.54 Å². The summed E-state index contributed by atoms with van der Waals surface area (Å²) in [5, 5.41) is 3.43. The zero-order valence-corrected chi connectivity index (χ0v) is 8.17. The molecule has 2 aliphatic rings. The van der Waals surface area contributed by atoms with Crippen LogP contribution in [0.25, 0.3) is 0 Å². The third-order valence-electron chi connectivity index (χ3n) is 2.02. The highest BCUT2D eigenvalue weighted by atomic mass is 32.1. The number of nitrogens with zero attached hydrogens (tertiary/aromatic N) is 1. The Bertz CT molecular complexity index is 313. The standard InChI is InChI=1S/C10H12N2S/c13-10-4-9(6-12-7-10)8-2-1-3-11-5-8/h1-2,4-6,10-11,13H,3,7H2. The second kappa shape index (κ2) is 3.83. The number of nitrogens with one attached hydrogen (secondary N) is 1. The first-order valence-corrected chi connectivity index (χ1v) is 4.88. The zero-order valence-electron chi connectivity index (χ0n) is 7.27. The van der Waals surface area contributed by atoms with E-state index in [1.807, 2.05) is 12.4 Å². The molecule has 0 aliphatic carbocycles. The van der Waals surface area contributed by atoms with Gasteiger partial charge < -0.3 is 5.32 Å². The van der Waals surface area contributed by atoms with Gasteiger partial charge in [0.15, 0.2) is 0 Å². The lowest BCUT2D eigenvalue weighted by Gasteiger charge is -2.14. The smallest absolute Gasteiger partial charge is 0.0541 e. The lowest BCUT2D eigenvalue weighted by Crippen LogP contribution is -2.13. The zero-order chi connectivity index (χ0) is 9.10. The van der Waals surface area contributed by atoms with E-state index in [1.165, 1.54) is 5.57 Å². The number of dihydropyridines is 2. The number of hydrogen-bond acceptors (Lipinski definition) is 3. The molecule has 0 saturated heterocycles. The molecule has 0 saturated carbocycles. The van der Waals surface area contributed by atoms with Crippen molar-refractivity contribution in [3.63, 3.8) is 0 Å². The molecule has 68 valence electrons. The first-order valence-electron chi connectivity index (χ1n) is 4.36. The van der Waals surface area contributed by atoms with E-state index in [0.717, 1.165) is 18.7 Å². The molecule has 3 heteroatoms. The Labute approximate surface area is 83.5 Å². The van der Waals surface area contributed by atoms with Crippen molar-refractivity contribution in [2.24, 2.45) is 4.99 Å². The van der Waals surface area contributed by atoms with Crippen molar-refractivity contribution < 1.29 is 0 Å². The minimum Gasteiger partial charge on any atom is -0.387 e. The summed E-state index contributed by atoms with van der Waals surface area (Å²) in [6, 6.07) is 0. The molecule has 0 spiro atoms. The molecule has 1 unspecified atom stereocenters. The summed E-state index contributed by atoms with van der Waals surface area (Å²) in [4.78, 5) is 4.24. The Morgan fingerprint density at radius 3 is 3.08 bits per heavy atom. The van der Waals surface area contributed by atoms with Crippen LogP contribution in [0.1, 0.15) is 0 Å². The van der Waals surface area contributed by atoms with Crippen LogP contribution in [0.2, 0.25) is 0 Å². The summed E-state index contributed by atoms with van der Waals surface area (Å²) in [5.41, 5.74) is 2.35. The van der Waals surface area contributed by atoms with Crippen LogP contribution in [0.15, 0.2) is 40.6 Å². The lowest BCUT2D eigenvalue weighted by molar-refractivity contribution is 0.954. The fraction of sp³-hybridized carbons (Fsp3) is 0.300. The monoisotopic (exact) mass is 192 g/mol. The average molecular weight is 192 g/mol. The Balaban J connectivity index is 2.20. The van der Waals surface area contributed by atoms with E-state index >= 15 is 0 Å². The van der Waals surface area contributed by atoms with E-state index in [2.05, 4.69) is 41.2 Å². The molecule has 13 heavy (non-hydrogen) atoms. The number of allylic oxidation sites excluding steroid dienone is 3. The molecule has 2 rings (SSSR count). The maximum Gasteiger partial charge on any atom is 0.0541 e. The topological polar surface area (TPSA) is 24.4 Å². The van der Waals surface area contributed by atoms with Crippen molar-refractivity contribution in [2.75, 3.05) is 13.1 Å². The maximum atomic E-state index is 4.38. The van der Waals surface area contributed by atoms with Gasteiger partial charge in [-0.2, -0.15) is 12.6 Å². The second-order valence-electron chi connectivity index (χ2n) is 3.09. The van der Waals surface area contributed by atoms with Gasteiger partial charge in [0.25, 0.3) is 0 Å². The third kappa shape index (κ3) is 2.04. The molecule has 2 nitrogen and oxygen atoms in total. The molecule has 0 fully saturated rings. The van der Waals surface area contributed by atoms with Crippen molar-refractivity contribution in [3.05, 3.63) is 35.6 Å². The van der Waals surface area contributed by atoms with Crippen molar-refractivity contribution in [2.45, 2.75) is 5.25 Å². The molecule has 1 N–H and O–H groups in total. The molecular formula is C10H12N2S. The molecule has 1 atom stereocenters. The first-order chi connectivity index (χ1) is 6.36. The molecule has 0 bridgehead atoms. The molecule has 0 aromatic heterocycles. The van der Waals surface area contributed by atoms with Gasteiger partial charge in [0.2, 0.25) is 0 Å². The summed E-state index contributed by atoms with van der Waals surface area (Å²) >= 11 is 4.38. The van der Waals surface area contributed by atoms with Crippen LogP contribution in [0, 0.1) is 0 Å². The molecule has 0 aromatic rings. The lowest BCUT2D eigenvalue weighted by atomic mass is 10.0. The quantitative estimate of drug-likeness (QED) is 0.602. The van der Waals surface area contributed by atoms with E-state index in [0.29, 0.717) is 0 Å². The summed E-state index contributed by atoms with van der Waals surface area (Å²) in [5.74, 6) is 0. The first kappa shape index (κ1) is 8.63. The van der Waals surface area contributed by atoms with E-state index in [4.69, 9.17) is 0 Å². The third-order valence-corrected chi connectivity index (χ3v) is 2.33. The molecule has 0 aromatic carbocycles. The van der Waals surface area contributed by atoms with Crippen LogP contribution >= 0.6 is 12.6 Å². The Hall–Kier alpha value is -0.960. The van der Waals surface area contributed by atoms with Gasteiger partial charge in [-0.25, -0.2) is 0 Å². The normalized spacial score (nSPS) is 26.4. The van der Waals surface area contributed by atoms with Crippen LogP contribution in [-0.2, 0) is 0 Å². The summed E-state index contributed by atoms with van der Waals surface area (Å²) in [7, 11) is 0. The van der Waals surface area contributed by atoms with Crippen LogP contribution in [0.4, 0.5) is 0 Å². The van der Waals surface area contributed by atoms with E-state index in [1.54, 1.807) is 0 Å². The Kier molecular flexibility index (Phi) is 2.54. The molecule has 2 heterocycles. The second-order valence-corrected chi connectivity index (χ2v) is 3.76. The van der Waals surface area contributed by atoms with Crippen molar-refractivity contribution in [1.82, 2.24) is 5.32 Å². The summed E-state index contributed by atoms with van der Waals surface area (Å²) in [6.45, 7) is 1.70. The van der Waals surface area contributed by atoms with E-state index in [9.17, 15) is 0 Å². The van der Waals surface area contributed by atoms with Crippen LogP contribution in [0.5, 0.6) is 0 Å². The van der Waals surface area contributed by atoms with E-state index in [-0.39, 0.29) is 5.25 Å². The predicted molar refractivity (Wildman–Crippen MR) is 59.4 cm³/mol. The van der Waals surface area contributed by atoms with Gasteiger partial charge in [-0.05, 0) is 11.1 Å². The molecule has 2 aliphatic heterocycles. The number of thiol groups is 1. The highest BCUT2D eigenvalue weighted by Crippen LogP contribution is 2.16. The fourth-order valence-corrected chi connectivity index (χ4v) is 1.64. The molecule has 0 radical (unpaired) electrons. The van der Waals surface area contributed by atoms with Gasteiger partial charge in [0.1, 0.15) is 0 Å². The Morgan fingerprint density at radius 1 is 1.46 bits per heavy atom. The largest absolute Gasteiger partial charge is 0.387 e.